The van der Waals surface area contributed by atoms with Gasteiger partial charge < -0.3 is 14.8 Å². The molecule has 32 heavy (non-hydrogen) atoms. The third-order valence-corrected chi connectivity index (χ3v) is 5.07. The van der Waals surface area contributed by atoms with E-state index >= 15 is 0 Å². The van der Waals surface area contributed by atoms with Crippen LogP contribution in [0.3, 0.4) is 0 Å². The second-order valence-corrected chi connectivity index (χ2v) is 7.26. The minimum Gasteiger partial charge on any atom is -0.497 e. The van der Waals surface area contributed by atoms with E-state index in [9.17, 15) is 23.2 Å². The molecule has 0 radical (unpaired) electrons. The van der Waals surface area contributed by atoms with Gasteiger partial charge in [-0.25, -0.2) is 4.98 Å². The first-order valence-corrected chi connectivity index (χ1v) is 10.1. The molecule has 0 saturated carbocycles. The van der Waals surface area contributed by atoms with Gasteiger partial charge >= 0.3 is 6.36 Å². The van der Waals surface area contributed by atoms with Crippen LogP contribution in [-0.4, -0.2) is 30.1 Å². The van der Waals surface area contributed by atoms with Gasteiger partial charge in [0, 0.05) is 11.3 Å². The maximum Gasteiger partial charge on any atom is 0.573 e. The molecule has 0 aliphatic rings. The number of thioether (sulfide) groups is 1. The van der Waals surface area contributed by atoms with Crippen LogP contribution in [0, 0.1) is 11.3 Å². The first-order chi connectivity index (χ1) is 15.3. The van der Waals surface area contributed by atoms with Gasteiger partial charge in [-0.3, -0.25) is 4.79 Å². The summed E-state index contributed by atoms with van der Waals surface area (Å²) < 4.78 is 45.6. The van der Waals surface area contributed by atoms with Crippen LogP contribution >= 0.6 is 11.8 Å². The Morgan fingerprint density at radius 1 is 1.06 bits per heavy atom. The van der Waals surface area contributed by atoms with E-state index in [1.54, 1.807) is 31.4 Å². The topological polar surface area (TPSA) is 84.2 Å². The number of amides is 1. The summed E-state index contributed by atoms with van der Waals surface area (Å²) in [6.45, 7) is 0. The molecule has 3 rings (SSSR count). The lowest BCUT2D eigenvalue weighted by molar-refractivity contribution is -0.274. The predicted molar refractivity (Wildman–Crippen MR) is 113 cm³/mol. The maximum atomic E-state index is 12.3. The molecule has 0 bridgehead atoms. The van der Waals surface area contributed by atoms with E-state index in [1.165, 1.54) is 12.1 Å². The summed E-state index contributed by atoms with van der Waals surface area (Å²) in [5.74, 6) is -0.135. The van der Waals surface area contributed by atoms with Gasteiger partial charge in [0.15, 0.2) is 0 Å². The Morgan fingerprint density at radius 3 is 2.31 bits per heavy atom. The number of anilines is 1. The Labute approximate surface area is 186 Å². The number of hydrogen-bond donors (Lipinski definition) is 1. The average Bonchev–Trinajstić information content (AvgIpc) is 2.78. The van der Waals surface area contributed by atoms with E-state index in [0.29, 0.717) is 27.7 Å². The fourth-order valence-corrected chi connectivity index (χ4v) is 3.40. The van der Waals surface area contributed by atoms with E-state index in [1.807, 2.05) is 18.2 Å². The van der Waals surface area contributed by atoms with Gasteiger partial charge in [-0.05, 0) is 60.7 Å². The highest BCUT2D eigenvalue weighted by Gasteiger charge is 2.30. The van der Waals surface area contributed by atoms with Crippen LogP contribution in [0.1, 0.15) is 5.56 Å². The van der Waals surface area contributed by atoms with Gasteiger partial charge in [-0.1, -0.05) is 11.8 Å². The number of benzene rings is 2. The molecule has 1 aromatic heterocycles. The second kappa shape index (κ2) is 10.1. The molecule has 0 aliphatic heterocycles. The monoisotopic (exact) mass is 459 g/mol. The molecule has 0 aliphatic carbocycles. The smallest absolute Gasteiger partial charge is 0.497 e. The van der Waals surface area contributed by atoms with Crippen LogP contribution < -0.4 is 14.8 Å². The van der Waals surface area contributed by atoms with Crippen molar-refractivity contribution < 1.29 is 27.4 Å². The van der Waals surface area contributed by atoms with Gasteiger partial charge in [0.2, 0.25) is 5.91 Å². The molecule has 6 nitrogen and oxygen atoms in total. The van der Waals surface area contributed by atoms with Crippen LogP contribution in [-0.2, 0) is 4.79 Å². The molecule has 0 spiro atoms. The number of ether oxygens (including phenoxy) is 2. The third kappa shape index (κ3) is 6.39. The number of carbonyl (C=O) groups excluding carboxylic acids is 1. The van der Waals surface area contributed by atoms with Crippen LogP contribution in [0.15, 0.2) is 65.7 Å². The number of methoxy groups -OCH3 is 1. The quantitative estimate of drug-likeness (QED) is 0.486. The van der Waals surface area contributed by atoms with Gasteiger partial charge in [0.1, 0.15) is 22.6 Å². The summed E-state index contributed by atoms with van der Waals surface area (Å²) in [6.07, 6.45) is -4.78. The van der Waals surface area contributed by atoms with Crippen molar-refractivity contribution in [3.8, 4) is 28.8 Å². The van der Waals surface area contributed by atoms with E-state index in [2.05, 4.69) is 15.0 Å². The Kier molecular flexibility index (Phi) is 7.22. The minimum absolute atomic E-state index is 0.0471. The highest BCUT2D eigenvalue weighted by atomic mass is 32.2. The van der Waals surface area contributed by atoms with Crippen molar-refractivity contribution >= 4 is 23.4 Å². The van der Waals surface area contributed by atoms with Crippen LogP contribution in [0.5, 0.6) is 11.5 Å². The lowest BCUT2D eigenvalue weighted by atomic mass is 10.1. The number of aromatic nitrogens is 1. The van der Waals surface area contributed by atoms with Crippen LogP contribution in [0.4, 0.5) is 18.9 Å². The lowest BCUT2D eigenvalue weighted by Crippen LogP contribution is -2.17. The number of alkyl halides is 3. The predicted octanol–water partition coefficient (Wildman–Crippen LogP) is 5.26. The Hall–Kier alpha value is -3.71. The largest absolute Gasteiger partial charge is 0.573 e. The SMILES string of the molecule is COc1ccc(-c2ccc(C#N)c(SCC(=O)Nc3ccc(OC(F)(F)F)cc3)n2)cc1. The molecular weight excluding hydrogens is 443 g/mol. The molecule has 2 aromatic carbocycles. The first-order valence-electron chi connectivity index (χ1n) is 9.11. The molecule has 0 fully saturated rings. The zero-order chi connectivity index (χ0) is 23.1. The molecule has 1 heterocycles. The Morgan fingerprint density at radius 2 is 1.72 bits per heavy atom. The van der Waals surface area contributed by atoms with E-state index in [4.69, 9.17) is 4.74 Å². The molecule has 0 atom stereocenters. The first kappa shape index (κ1) is 23.0. The highest BCUT2D eigenvalue weighted by molar-refractivity contribution is 8.00. The van der Waals surface area contributed by atoms with Crippen molar-refractivity contribution in [3.63, 3.8) is 0 Å². The summed E-state index contributed by atoms with van der Waals surface area (Å²) in [6, 6.07) is 17.4. The van der Waals surface area contributed by atoms with Crippen LogP contribution in [0.2, 0.25) is 0 Å². The molecule has 164 valence electrons. The molecule has 0 saturated heterocycles. The number of nitriles is 1. The minimum atomic E-state index is -4.78. The van der Waals surface area contributed by atoms with Gasteiger partial charge in [-0.15, -0.1) is 13.2 Å². The third-order valence-electron chi connectivity index (χ3n) is 4.08. The number of carbonyl (C=O) groups is 1. The van der Waals surface area contributed by atoms with Crippen molar-refractivity contribution in [1.82, 2.24) is 4.98 Å². The van der Waals surface area contributed by atoms with E-state index in [-0.39, 0.29) is 11.5 Å². The molecular formula is C22H16F3N3O3S. The number of nitrogens with one attached hydrogen (secondary N) is 1. The number of nitrogens with zero attached hydrogens (tertiary/aromatic N) is 2. The van der Waals surface area contributed by atoms with Gasteiger partial charge in [0.05, 0.1) is 24.1 Å². The number of pyridine rings is 1. The van der Waals surface area contributed by atoms with E-state index in [0.717, 1.165) is 29.5 Å². The van der Waals surface area contributed by atoms with Crippen molar-refractivity contribution in [2.24, 2.45) is 0 Å². The van der Waals surface area contributed by atoms with Gasteiger partial charge in [0.25, 0.3) is 0 Å². The summed E-state index contributed by atoms with van der Waals surface area (Å²) in [5, 5.41) is 12.3. The molecule has 1 N–H and O–H groups in total. The van der Waals surface area contributed by atoms with Gasteiger partial charge in [-0.2, -0.15) is 5.26 Å². The van der Waals surface area contributed by atoms with E-state index < -0.39 is 12.3 Å². The maximum absolute atomic E-state index is 12.3. The summed E-state index contributed by atoms with van der Waals surface area (Å²) >= 11 is 1.08. The Bertz CT molecular complexity index is 1130. The van der Waals surface area contributed by atoms with Crippen molar-refractivity contribution in [2.45, 2.75) is 11.4 Å². The zero-order valence-corrected chi connectivity index (χ0v) is 17.5. The molecule has 3 aromatic rings. The second-order valence-electron chi connectivity index (χ2n) is 6.30. The molecule has 1 amide bonds. The fourth-order valence-electron chi connectivity index (χ4n) is 2.63. The molecule has 10 heteroatoms. The Balaban J connectivity index is 1.65. The summed E-state index contributed by atoms with van der Waals surface area (Å²) in [7, 11) is 1.57. The highest BCUT2D eigenvalue weighted by Crippen LogP contribution is 2.27. The fraction of sp³-hybridized carbons (Fsp3) is 0.136. The number of halogens is 3. The number of hydrogen-bond acceptors (Lipinski definition) is 6. The number of rotatable bonds is 7. The molecule has 0 unspecified atom stereocenters. The zero-order valence-electron chi connectivity index (χ0n) is 16.6. The lowest BCUT2D eigenvalue weighted by Gasteiger charge is -2.10. The van der Waals surface area contributed by atoms with Crippen molar-refractivity contribution in [1.29, 1.82) is 5.26 Å². The normalized spacial score (nSPS) is 10.8. The van der Waals surface area contributed by atoms with Crippen LogP contribution in [0.25, 0.3) is 11.3 Å². The van der Waals surface area contributed by atoms with Crippen molar-refractivity contribution in [3.05, 3.63) is 66.2 Å². The van der Waals surface area contributed by atoms with Crippen molar-refractivity contribution in [2.75, 3.05) is 18.2 Å². The summed E-state index contributed by atoms with van der Waals surface area (Å²) in [5.41, 5.74) is 2.09. The average molecular weight is 459 g/mol. The standard InChI is InChI=1S/C22H16F3N3O3S/c1-30-17-7-2-14(3-8-17)19-11-4-15(12-26)21(28-19)32-13-20(29)27-16-5-9-18(10-6-16)31-22(23,24)25/h2-11H,13H2,1H3,(H,27,29). The summed E-state index contributed by atoms with van der Waals surface area (Å²) in [4.78, 5) is 16.7.